The Morgan fingerprint density at radius 1 is 0.293 bits per heavy atom. The van der Waals surface area contributed by atoms with E-state index in [0.29, 0.717) is 17.5 Å². The minimum Gasteiger partial charge on any atom is -0.309 e. The molecule has 5 heteroatoms. The van der Waals surface area contributed by atoms with Crippen molar-refractivity contribution in [3.05, 3.63) is 200 Å². The molecule has 0 amide bonds. The third kappa shape index (κ3) is 5.00. The maximum absolute atomic E-state index is 5.20. The van der Waals surface area contributed by atoms with Crippen LogP contribution in [0.4, 0.5) is 0 Å². The van der Waals surface area contributed by atoms with Crippen LogP contribution in [-0.4, -0.2) is 24.1 Å². The van der Waals surface area contributed by atoms with E-state index in [9.17, 15) is 0 Å². The van der Waals surface area contributed by atoms with Crippen LogP contribution in [0.15, 0.2) is 200 Å². The largest absolute Gasteiger partial charge is 0.309 e. The lowest BCUT2D eigenvalue weighted by atomic mass is 10.0. The molecular weight excluding hydrogens is 707 g/mol. The van der Waals surface area contributed by atoms with Crippen LogP contribution in [-0.2, 0) is 0 Å². The van der Waals surface area contributed by atoms with Crippen LogP contribution < -0.4 is 0 Å². The lowest BCUT2D eigenvalue weighted by molar-refractivity contribution is 1.07. The van der Waals surface area contributed by atoms with Gasteiger partial charge < -0.3 is 9.13 Å². The Morgan fingerprint density at radius 2 is 0.845 bits per heavy atom. The molecule has 270 valence electrons. The number of nitrogens with zero attached hydrogens (tertiary/aromatic N) is 5. The van der Waals surface area contributed by atoms with Gasteiger partial charge in [-0.15, -0.1) is 0 Å². The van der Waals surface area contributed by atoms with E-state index in [1.54, 1.807) is 0 Å². The van der Waals surface area contributed by atoms with Crippen LogP contribution in [0.2, 0.25) is 0 Å². The van der Waals surface area contributed by atoms with Crippen molar-refractivity contribution in [3.8, 4) is 45.5 Å². The molecule has 12 rings (SSSR count). The minimum atomic E-state index is 0.630. The number of fused-ring (bicyclic) bond motifs is 9. The SMILES string of the molecule is c1ccc(-c2nc(-c3ccccc3)nc(-c3cc(-n4c5ccccc5c5cc6c7c8ccccc8ccc7n(-c7ccccc7)c6cc54)cc4ccccc34)n2)cc1. The van der Waals surface area contributed by atoms with E-state index in [-0.39, 0.29) is 0 Å². The summed E-state index contributed by atoms with van der Waals surface area (Å²) in [6.45, 7) is 0. The van der Waals surface area contributed by atoms with Gasteiger partial charge >= 0.3 is 0 Å². The first kappa shape index (κ1) is 32.4. The molecule has 58 heavy (non-hydrogen) atoms. The van der Waals surface area contributed by atoms with Crippen LogP contribution in [0.5, 0.6) is 0 Å². The first-order chi connectivity index (χ1) is 28.8. The standard InChI is InChI=1S/C53H33N5/c1-4-17-35(18-5-1)51-54-52(36-19-6-2-7-20-36)56-53(55-51)44-31-39(30-37-21-11-12-24-40(37)44)58-46-27-15-14-26-42(46)43-32-45-49(33-48(43)58)57(38-22-8-3-9-23-38)47-29-28-34-16-10-13-25-41(34)50(45)47/h1-33H. The van der Waals surface area contributed by atoms with Crippen molar-refractivity contribution in [3.63, 3.8) is 0 Å². The van der Waals surface area contributed by atoms with Crippen LogP contribution >= 0.6 is 0 Å². The van der Waals surface area contributed by atoms with E-state index in [4.69, 9.17) is 15.0 Å². The summed E-state index contributed by atoms with van der Waals surface area (Å²) in [5.74, 6) is 1.91. The van der Waals surface area contributed by atoms with Gasteiger partial charge in [-0.05, 0) is 70.1 Å². The number of hydrogen-bond acceptors (Lipinski definition) is 3. The lowest BCUT2D eigenvalue weighted by Crippen LogP contribution is -2.02. The lowest BCUT2D eigenvalue weighted by Gasteiger charge is -2.15. The molecule has 0 aliphatic heterocycles. The maximum Gasteiger partial charge on any atom is 0.164 e. The first-order valence-electron chi connectivity index (χ1n) is 19.6. The molecule has 0 aliphatic carbocycles. The van der Waals surface area contributed by atoms with Crippen LogP contribution in [0, 0.1) is 0 Å². The zero-order valence-corrected chi connectivity index (χ0v) is 31.3. The molecule has 5 nitrogen and oxygen atoms in total. The van der Waals surface area contributed by atoms with Gasteiger partial charge in [0.25, 0.3) is 0 Å². The van der Waals surface area contributed by atoms with Gasteiger partial charge in [0.1, 0.15) is 0 Å². The van der Waals surface area contributed by atoms with Crippen molar-refractivity contribution in [2.24, 2.45) is 0 Å². The number of aromatic nitrogens is 5. The van der Waals surface area contributed by atoms with Crippen molar-refractivity contribution >= 4 is 65.2 Å². The van der Waals surface area contributed by atoms with E-state index >= 15 is 0 Å². The molecule has 0 unspecified atom stereocenters. The molecule has 3 heterocycles. The molecule has 0 saturated carbocycles. The van der Waals surface area contributed by atoms with Crippen molar-refractivity contribution in [1.82, 2.24) is 24.1 Å². The molecule has 9 aromatic carbocycles. The van der Waals surface area contributed by atoms with Gasteiger partial charge in [0.2, 0.25) is 0 Å². The normalized spacial score (nSPS) is 11.8. The van der Waals surface area contributed by atoms with E-state index < -0.39 is 0 Å². The molecular formula is C53H33N5. The highest BCUT2D eigenvalue weighted by atomic mass is 15.0. The topological polar surface area (TPSA) is 48.5 Å². The summed E-state index contributed by atoms with van der Waals surface area (Å²) in [5.41, 5.74) is 9.61. The average molecular weight is 740 g/mol. The second kappa shape index (κ2) is 12.8. The molecule has 0 saturated heterocycles. The molecule has 0 fully saturated rings. The van der Waals surface area contributed by atoms with E-state index in [1.807, 2.05) is 36.4 Å². The Labute approximate surface area is 333 Å². The van der Waals surface area contributed by atoms with Gasteiger partial charge in [0, 0.05) is 49.6 Å². The molecule has 0 radical (unpaired) electrons. The first-order valence-corrected chi connectivity index (χ1v) is 19.6. The second-order valence-corrected chi connectivity index (χ2v) is 14.8. The fourth-order valence-electron chi connectivity index (χ4n) is 8.92. The Kier molecular flexibility index (Phi) is 7.16. The monoisotopic (exact) mass is 739 g/mol. The number of para-hydroxylation sites is 2. The number of rotatable bonds is 5. The zero-order valence-electron chi connectivity index (χ0n) is 31.3. The molecule has 0 N–H and O–H groups in total. The Balaban J connectivity index is 1.18. The third-order valence-electron chi connectivity index (χ3n) is 11.5. The van der Waals surface area contributed by atoms with Gasteiger partial charge in [0.15, 0.2) is 17.5 Å². The summed E-state index contributed by atoms with van der Waals surface area (Å²) in [6, 6.07) is 71.0. The van der Waals surface area contributed by atoms with Gasteiger partial charge in [-0.25, -0.2) is 15.0 Å². The molecule has 0 aliphatic rings. The van der Waals surface area contributed by atoms with Crippen molar-refractivity contribution in [2.75, 3.05) is 0 Å². The summed E-state index contributed by atoms with van der Waals surface area (Å²) in [6.07, 6.45) is 0. The van der Waals surface area contributed by atoms with Gasteiger partial charge in [0.05, 0.1) is 22.1 Å². The van der Waals surface area contributed by atoms with Crippen molar-refractivity contribution in [1.29, 1.82) is 0 Å². The number of benzene rings is 9. The van der Waals surface area contributed by atoms with Crippen LogP contribution in [0.1, 0.15) is 0 Å². The molecule has 0 bridgehead atoms. The summed E-state index contributed by atoms with van der Waals surface area (Å²) >= 11 is 0. The highest BCUT2D eigenvalue weighted by molar-refractivity contribution is 6.25. The van der Waals surface area contributed by atoms with Crippen molar-refractivity contribution in [2.45, 2.75) is 0 Å². The highest BCUT2D eigenvalue weighted by Gasteiger charge is 2.22. The fraction of sp³-hybridized carbons (Fsp3) is 0. The molecule has 3 aromatic heterocycles. The Bertz CT molecular complexity index is 3490. The summed E-state index contributed by atoms with van der Waals surface area (Å²) in [7, 11) is 0. The zero-order chi connectivity index (χ0) is 38.2. The minimum absolute atomic E-state index is 0.630. The molecule has 0 atom stereocenters. The smallest absolute Gasteiger partial charge is 0.164 e. The predicted octanol–water partition coefficient (Wildman–Crippen LogP) is 13.4. The summed E-state index contributed by atoms with van der Waals surface area (Å²) in [4.78, 5) is 15.4. The highest BCUT2D eigenvalue weighted by Crippen LogP contribution is 2.43. The van der Waals surface area contributed by atoms with Gasteiger partial charge in [-0.3, -0.25) is 0 Å². The quantitative estimate of drug-likeness (QED) is 0.177. The van der Waals surface area contributed by atoms with Crippen molar-refractivity contribution < 1.29 is 0 Å². The second-order valence-electron chi connectivity index (χ2n) is 14.8. The van der Waals surface area contributed by atoms with Gasteiger partial charge in [-0.2, -0.15) is 0 Å². The summed E-state index contributed by atoms with van der Waals surface area (Å²) < 4.78 is 4.84. The predicted molar refractivity (Wildman–Crippen MR) is 240 cm³/mol. The maximum atomic E-state index is 5.20. The molecule has 0 spiro atoms. The molecule has 12 aromatic rings. The Morgan fingerprint density at radius 3 is 1.57 bits per heavy atom. The van der Waals surface area contributed by atoms with Gasteiger partial charge in [-0.1, -0.05) is 152 Å². The fourth-order valence-corrected chi connectivity index (χ4v) is 8.92. The average Bonchev–Trinajstić information content (AvgIpc) is 3.80. The Hall–Kier alpha value is -7.89. The van der Waals surface area contributed by atoms with E-state index in [1.165, 1.54) is 37.8 Å². The van der Waals surface area contributed by atoms with Crippen LogP contribution in [0.25, 0.3) is 111 Å². The summed E-state index contributed by atoms with van der Waals surface area (Å²) in [5, 5.41) is 9.58. The number of hydrogen-bond donors (Lipinski definition) is 0. The van der Waals surface area contributed by atoms with Crippen LogP contribution in [0.3, 0.4) is 0 Å². The van der Waals surface area contributed by atoms with E-state index in [2.05, 4.69) is 173 Å². The van der Waals surface area contributed by atoms with E-state index in [0.717, 1.165) is 55.4 Å². The third-order valence-corrected chi connectivity index (χ3v) is 11.5.